The fraction of sp³-hybridized carbons (Fsp3) is 0. The van der Waals surface area contributed by atoms with E-state index in [9.17, 15) is 0 Å². The first-order valence-electron chi connectivity index (χ1n) is 19.0. The quantitative estimate of drug-likeness (QED) is 0.181. The van der Waals surface area contributed by atoms with Gasteiger partial charge in [0.05, 0.1) is 6.85 Å². The van der Waals surface area contributed by atoms with Crippen molar-refractivity contribution in [2.45, 2.75) is 0 Å². The van der Waals surface area contributed by atoms with Crippen molar-refractivity contribution in [2.75, 3.05) is 0 Å². The molecule has 0 bridgehead atoms. The lowest BCUT2D eigenvalue weighted by Gasteiger charge is -2.16. The zero-order valence-corrected chi connectivity index (χ0v) is 26.9. The largest absolute Gasteiger partial charge is 0.208 e. The maximum Gasteiger partial charge on any atom is 0.164 e. The first-order valence-corrected chi connectivity index (χ1v) is 16.5. The third-order valence-electron chi connectivity index (χ3n) is 9.08. The van der Waals surface area contributed by atoms with Crippen molar-refractivity contribution in [2.24, 2.45) is 0 Å². The fourth-order valence-corrected chi connectivity index (χ4v) is 6.77. The van der Waals surface area contributed by atoms with Crippen LogP contribution in [0.1, 0.15) is 6.85 Å². The normalized spacial score (nSPS) is 12.6. The molecule has 0 atom stereocenters. The smallest absolute Gasteiger partial charge is 0.164 e. The van der Waals surface area contributed by atoms with Crippen molar-refractivity contribution in [3.63, 3.8) is 0 Å². The van der Waals surface area contributed by atoms with Crippen LogP contribution in [0.25, 0.3) is 89.1 Å². The van der Waals surface area contributed by atoms with E-state index in [1.54, 1.807) is 0 Å². The average molecular weight is 643 g/mol. The number of rotatable bonds is 6. The van der Waals surface area contributed by atoms with Gasteiger partial charge in [-0.2, -0.15) is 0 Å². The summed E-state index contributed by atoms with van der Waals surface area (Å²) in [6, 6.07) is 51.0. The van der Waals surface area contributed by atoms with Gasteiger partial charge in [0, 0.05) is 16.7 Å². The lowest BCUT2D eigenvalue weighted by Crippen LogP contribution is -2.01. The molecule has 0 spiro atoms. The summed E-state index contributed by atoms with van der Waals surface area (Å²) in [5.41, 5.74) is 7.66. The molecular formula is C47H31N3. The van der Waals surface area contributed by atoms with E-state index in [-0.39, 0.29) is 23.5 Å². The van der Waals surface area contributed by atoms with Gasteiger partial charge in [-0.15, -0.1) is 0 Å². The summed E-state index contributed by atoms with van der Waals surface area (Å²) in [6.07, 6.45) is 0. The molecule has 0 unspecified atom stereocenters. The molecule has 3 heteroatoms. The van der Waals surface area contributed by atoms with Crippen molar-refractivity contribution >= 4 is 21.5 Å². The Morgan fingerprint density at radius 2 is 0.680 bits per heavy atom. The molecule has 0 N–H and O–H groups in total. The van der Waals surface area contributed by atoms with Crippen molar-refractivity contribution in [3.05, 3.63) is 188 Å². The van der Waals surface area contributed by atoms with Gasteiger partial charge in [-0.05, 0) is 61.0 Å². The summed E-state index contributed by atoms with van der Waals surface area (Å²) in [5.74, 6) is 0.638. The predicted octanol–water partition coefficient (Wildman–Crippen LogP) is 12.2. The molecule has 0 aliphatic rings. The predicted molar refractivity (Wildman–Crippen MR) is 207 cm³/mol. The Kier molecular flexibility index (Phi) is 6.22. The number of aromatic nitrogens is 3. The highest BCUT2D eigenvalue weighted by Gasteiger charge is 2.19. The van der Waals surface area contributed by atoms with Crippen LogP contribution in [0.3, 0.4) is 0 Å². The van der Waals surface area contributed by atoms with Gasteiger partial charge in [-0.1, -0.05) is 182 Å². The van der Waals surface area contributed by atoms with Crippen LogP contribution in [-0.4, -0.2) is 15.0 Å². The molecule has 3 nitrogen and oxygen atoms in total. The minimum absolute atomic E-state index is 0.00415. The van der Waals surface area contributed by atoms with Crippen LogP contribution in [-0.2, 0) is 0 Å². The maximum atomic E-state index is 8.82. The summed E-state index contributed by atoms with van der Waals surface area (Å²) in [4.78, 5) is 14.8. The molecule has 1 heterocycles. The highest BCUT2D eigenvalue weighted by atomic mass is 15.0. The van der Waals surface area contributed by atoms with Crippen molar-refractivity contribution in [1.82, 2.24) is 15.0 Å². The molecule has 8 aromatic carbocycles. The van der Waals surface area contributed by atoms with Crippen molar-refractivity contribution in [1.29, 1.82) is 0 Å². The van der Waals surface area contributed by atoms with E-state index in [0.29, 0.717) is 11.6 Å². The Morgan fingerprint density at radius 3 is 1.28 bits per heavy atom. The van der Waals surface area contributed by atoms with Gasteiger partial charge in [0.25, 0.3) is 0 Å². The van der Waals surface area contributed by atoms with Crippen LogP contribution in [0.4, 0.5) is 0 Å². The molecular weight excluding hydrogens is 607 g/mol. The molecule has 0 fully saturated rings. The summed E-state index contributed by atoms with van der Waals surface area (Å²) >= 11 is 0. The van der Waals surface area contributed by atoms with Gasteiger partial charge in [0.15, 0.2) is 17.5 Å². The van der Waals surface area contributed by atoms with E-state index in [1.807, 2.05) is 84.9 Å². The van der Waals surface area contributed by atoms with Gasteiger partial charge < -0.3 is 0 Å². The first-order chi connectivity index (χ1) is 26.9. The third kappa shape index (κ3) is 5.32. The molecule has 9 rings (SSSR count). The van der Waals surface area contributed by atoms with Gasteiger partial charge >= 0.3 is 0 Å². The van der Waals surface area contributed by atoms with Crippen LogP contribution >= 0.6 is 0 Å². The van der Waals surface area contributed by atoms with Crippen LogP contribution in [0.5, 0.6) is 0 Å². The number of hydrogen-bond acceptors (Lipinski definition) is 3. The number of hydrogen-bond donors (Lipinski definition) is 0. The van der Waals surface area contributed by atoms with E-state index in [0.717, 1.165) is 66.1 Å². The lowest BCUT2D eigenvalue weighted by molar-refractivity contribution is 1.08. The second kappa shape index (κ2) is 12.7. The van der Waals surface area contributed by atoms with E-state index in [1.165, 1.54) is 0 Å². The van der Waals surface area contributed by atoms with Crippen molar-refractivity contribution in [3.8, 4) is 67.5 Å². The molecule has 0 radical (unpaired) electrons. The Labute approximate surface area is 298 Å². The molecule has 234 valence electrons. The molecule has 9 aromatic rings. The van der Waals surface area contributed by atoms with E-state index in [4.69, 9.17) is 21.8 Å². The molecule has 0 aliphatic heterocycles. The van der Waals surface area contributed by atoms with Gasteiger partial charge in [-0.3, -0.25) is 0 Å². The molecule has 0 amide bonds. The highest BCUT2D eigenvalue weighted by Crippen LogP contribution is 2.41. The lowest BCUT2D eigenvalue weighted by atomic mass is 9.89. The van der Waals surface area contributed by atoms with Crippen LogP contribution in [0.2, 0.25) is 0 Å². The van der Waals surface area contributed by atoms with Gasteiger partial charge in [0.1, 0.15) is 0 Å². The van der Waals surface area contributed by atoms with Crippen LogP contribution in [0, 0.1) is 0 Å². The summed E-state index contributed by atoms with van der Waals surface area (Å²) in [7, 11) is 0. The molecule has 1 aromatic heterocycles. The highest BCUT2D eigenvalue weighted by molar-refractivity contribution is 6.11. The zero-order valence-electron chi connectivity index (χ0n) is 31.9. The second-order valence-corrected chi connectivity index (χ2v) is 12.0. The third-order valence-corrected chi connectivity index (χ3v) is 9.08. The van der Waals surface area contributed by atoms with E-state index >= 15 is 0 Å². The van der Waals surface area contributed by atoms with Gasteiger partial charge in [0.2, 0.25) is 0 Å². The number of benzene rings is 8. The zero-order chi connectivity index (χ0) is 37.6. The topological polar surface area (TPSA) is 38.7 Å². The summed E-state index contributed by atoms with van der Waals surface area (Å²) < 4.78 is 42.7. The average Bonchev–Trinajstić information content (AvgIpc) is 3.25. The first kappa shape index (κ1) is 24.4. The number of fused-ring (bicyclic) bond motifs is 2. The monoisotopic (exact) mass is 642 g/mol. The summed E-state index contributed by atoms with van der Waals surface area (Å²) in [6.45, 7) is 0. The van der Waals surface area contributed by atoms with Crippen LogP contribution < -0.4 is 0 Å². The number of nitrogens with zero attached hydrogens (tertiary/aromatic N) is 3. The summed E-state index contributed by atoms with van der Waals surface area (Å²) in [5, 5.41) is 4.18. The van der Waals surface area contributed by atoms with E-state index < -0.39 is 18.1 Å². The molecule has 0 saturated carbocycles. The Hall–Kier alpha value is -6.71. The Balaban J connectivity index is 1.29. The van der Waals surface area contributed by atoms with Crippen molar-refractivity contribution < 1.29 is 6.85 Å². The van der Waals surface area contributed by atoms with E-state index in [2.05, 4.69) is 72.8 Å². The Morgan fingerprint density at radius 1 is 0.280 bits per heavy atom. The van der Waals surface area contributed by atoms with Gasteiger partial charge in [-0.25, -0.2) is 15.0 Å². The minimum atomic E-state index is -0.478. The SMILES string of the molecule is [2H]c1c([2H])c([2H])c(-c2nc(-c3ccccc3-c3ccccc3)nc(-c3ccc(-c4ccc(-c5ccccc5)c5ccccc45)c4ccccc34)n2)c([2H])c1[2H]. The minimum Gasteiger partial charge on any atom is -0.208 e. The van der Waals surface area contributed by atoms with Crippen LogP contribution in [0.15, 0.2) is 188 Å². The molecule has 0 saturated heterocycles. The molecule has 0 aliphatic carbocycles. The fourth-order valence-electron chi connectivity index (χ4n) is 6.77. The second-order valence-electron chi connectivity index (χ2n) is 12.0. The maximum absolute atomic E-state index is 8.82. The Bertz CT molecular complexity index is 2900. The standard InChI is InChI=1S/C47H31N3/c1-4-16-32(17-5-1)35-22-10-15-27-43(35)46-48-45(34-20-8-3-9-21-34)49-47(50-46)44-31-30-42(39-25-13-14-26-40(39)44)41-29-28-36(33-18-6-2-7-19-33)37-23-11-12-24-38(37)41/h1-31H/i3D,8D,9D,20D,21D. The molecule has 50 heavy (non-hydrogen) atoms.